The maximum absolute atomic E-state index is 13.1. The number of pyridine rings is 1. The number of nitrogens with zero attached hydrogens (tertiary/aromatic N) is 1. The van der Waals surface area contributed by atoms with E-state index in [2.05, 4.69) is 4.98 Å². The van der Waals surface area contributed by atoms with Crippen molar-refractivity contribution < 1.29 is 14.3 Å². The number of hydrogen-bond donors (Lipinski definition) is 1. The molecular weight excluding hydrogens is 229 g/mol. The van der Waals surface area contributed by atoms with Crippen molar-refractivity contribution in [2.24, 2.45) is 0 Å². The minimum atomic E-state index is -0.897. The Balaban J connectivity index is 2.43. The van der Waals surface area contributed by atoms with E-state index in [4.69, 9.17) is 5.11 Å². The van der Waals surface area contributed by atoms with Crippen molar-refractivity contribution in [1.29, 1.82) is 0 Å². The van der Waals surface area contributed by atoms with E-state index in [1.165, 1.54) is 12.1 Å². The molecule has 5 heteroatoms. The minimum Gasteiger partial charge on any atom is -0.481 e. The van der Waals surface area contributed by atoms with Crippen LogP contribution in [0, 0.1) is 5.82 Å². The summed E-state index contributed by atoms with van der Waals surface area (Å²) in [6.07, 6.45) is 1.59. The first-order valence-electron chi connectivity index (χ1n) is 4.55. The van der Waals surface area contributed by atoms with Crippen LogP contribution in [0.1, 0.15) is 0 Å². The quantitative estimate of drug-likeness (QED) is 0.833. The Labute approximate surface area is 95.3 Å². The fraction of sp³-hybridized carbons (Fsp3) is 0.0909. The second-order valence-electron chi connectivity index (χ2n) is 3.15. The summed E-state index contributed by atoms with van der Waals surface area (Å²) in [5.74, 6) is -1.29. The van der Waals surface area contributed by atoms with Crippen molar-refractivity contribution in [2.45, 2.75) is 4.90 Å². The van der Waals surface area contributed by atoms with E-state index in [-0.39, 0.29) is 11.6 Å². The highest BCUT2D eigenvalue weighted by Gasteiger charge is 2.06. The molecule has 2 rings (SSSR count). The third-order valence-electron chi connectivity index (χ3n) is 2.01. The van der Waals surface area contributed by atoms with E-state index in [0.29, 0.717) is 10.9 Å². The van der Waals surface area contributed by atoms with E-state index in [1.807, 2.05) is 0 Å². The van der Waals surface area contributed by atoms with Crippen LogP contribution in [0.5, 0.6) is 0 Å². The van der Waals surface area contributed by atoms with Crippen molar-refractivity contribution >= 4 is 28.6 Å². The molecule has 1 heterocycles. The lowest BCUT2D eigenvalue weighted by Gasteiger charge is -2.03. The number of rotatable bonds is 3. The lowest BCUT2D eigenvalue weighted by Crippen LogP contribution is -1.97. The largest absolute Gasteiger partial charge is 0.481 e. The van der Waals surface area contributed by atoms with Crippen LogP contribution in [0.2, 0.25) is 0 Å². The lowest BCUT2D eigenvalue weighted by molar-refractivity contribution is -0.133. The van der Waals surface area contributed by atoms with Crippen LogP contribution in [-0.2, 0) is 4.79 Å². The summed E-state index contributed by atoms with van der Waals surface area (Å²) in [7, 11) is 0. The summed E-state index contributed by atoms with van der Waals surface area (Å²) < 4.78 is 13.1. The zero-order chi connectivity index (χ0) is 11.5. The van der Waals surface area contributed by atoms with Gasteiger partial charge in [-0.05, 0) is 24.3 Å². The number of carbonyl (C=O) groups is 1. The van der Waals surface area contributed by atoms with Gasteiger partial charge in [-0.1, -0.05) is 0 Å². The monoisotopic (exact) mass is 237 g/mol. The molecule has 0 saturated carbocycles. The van der Waals surface area contributed by atoms with E-state index in [9.17, 15) is 9.18 Å². The van der Waals surface area contributed by atoms with Crippen LogP contribution in [0.4, 0.5) is 4.39 Å². The van der Waals surface area contributed by atoms with Gasteiger partial charge in [-0.2, -0.15) is 0 Å². The first-order chi connectivity index (χ1) is 7.66. The first kappa shape index (κ1) is 10.9. The predicted molar refractivity (Wildman–Crippen MR) is 60.1 cm³/mol. The molecule has 0 saturated heterocycles. The molecule has 0 atom stereocenters. The van der Waals surface area contributed by atoms with Crippen LogP contribution >= 0.6 is 11.8 Å². The number of fused-ring (bicyclic) bond motifs is 1. The molecule has 0 radical (unpaired) electrons. The SMILES string of the molecule is O=C(O)CSc1ccnc2ccc(F)cc12. The summed E-state index contributed by atoms with van der Waals surface area (Å²) in [4.78, 5) is 15.3. The second kappa shape index (κ2) is 4.49. The molecular formula is C11H8FNO2S. The molecule has 0 aliphatic carbocycles. The Morgan fingerprint density at radius 3 is 3.00 bits per heavy atom. The Kier molecular flexibility index (Phi) is 3.05. The smallest absolute Gasteiger partial charge is 0.313 e. The first-order valence-corrected chi connectivity index (χ1v) is 5.54. The van der Waals surface area contributed by atoms with E-state index in [0.717, 1.165) is 16.7 Å². The average molecular weight is 237 g/mol. The molecule has 0 spiro atoms. The van der Waals surface area contributed by atoms with Gasteiger partial charge in [-0.3, -0.25) is 9.78 Å². The van der Waals surface area contributed by atoms with Crippen molar-refractivity contribution in [2.75, 3.05) is 5.75 Å². The fourth-order valence-electron chi connectivity index (χ4n) is 1.36. The zero-order valence-corrected chi connectivity index (χ0v) is 9.00. The van der Waals surface area contributed by atoms with Gasteiger partial charge in [0, 0.05) is 16.5 Å². The normalized spacial score (nSPS) is 10.6. The van der Waals surface area contributed by atoms with E-state index < -0.39 is 5.97 Å². The molecule has 3 nitrogen and oxygen atoms in total. The number of aliphatic carboxylic acids is 1. The number of hydrogen-bond acceptors (Lipinski definition) is 3. The molecule has 0 amide bonds. The summed E-state index contributed by atoms with van der Waals surface area (Å²) >= 11 is 1.16. The Hall–Kier alpha value is -1.62. The van der Waals surface area contributed by atoms with Crippen molar-refractivity contribution in [3.63, 3.8) is 0 Å². The third-order valence-corrected chi connectivity index (χ3v) is 3.07. The lowest BCUT2D eigenvalue weighted by atomic mass is 10.2. The summed E-state index contributed by atoms with van der Waals surface area (Å²) in [6.45, 7) is 0. The van der Waals surface area contributed by atoms with Crippen LogP contribution in [-0.4, -0.2) is 21.8 Å². The van der Waals surface area contributed by atoms with Gasteiger partial charge in [0.15, 0.2) is 0 Å². The zero-order valence-electron chi connectivity index (χ0n) is 8.18. The van der Waals surface area contributed by atoms with Crippen LogP contribution in [0.15, 0.2) is 35.4 Å². The van der Waals surface area contributed by atoms with Gasteiger partial charge >= 0.3 is 5.97 Å². The number of thioether (sulfide) groups is 1. The van der Waals surface area contributed by atoms with Crippen LogP contribution in [0.3, 0.4) is 0 Å². The molecule has 0 bridgehead atoms. The maximum Gasteiger partial charge on any atom is 0.313 e. The summed E-state index contributed by atoms with van der Waals surface area (Å²) in [5.41, 5.74) is 0.664. The number of carboxylic acids is 1. The number of halogens is 1. The van der Waals surface area contributed by atoms with Gasteiger partial charge in [0.05, 0.1) is 11.3 Å². The molecule has 1 N–H and O–H groups in total. The van der Waals surface area contributed by atoms with Gasteiger partial charge in [0.25, 0.3) is 0 Å². The second-order valence-corrected chi connectivity index (χ2v) is 4.17. The van der Waals surface area contributed by atoms with E-state index >= 15 is 0 Å². The molecule has 1 aromatic carbocycles. The van der Waals surface area contributed by atoms with Gasteiger partial charge in [0.2, 0.25) is 0 Å². The summed E-state index contributed by atoms with van der Waals surface area (Å²) in [5, 5.41) is 9.24. The average Bonchev–Trinajstić information content (AvgIpc) is 2.26. The molecule has 16 heavy (non-hydrogen) atoms. The highest BCUT2D eigenvalue weighted by atomic mass is 32.2. The third kappa shape index (κ3) is 2.30. The number of carboxylic acid groups (broad SMARTS) is 1. The predicted octanol–water partition coefficient (Wildman–Crippen LogP) is 2.55. The van der Waals surface area contributed by atoms with Gasteiger partial charge < -0.3 is 5.11 Å². The van der Waals surface area contributed by atoms with Crippen molar-refractivity contribution in [3.05, 3.63) is 36.3 Å². The van der Waals surface area contributed by atoms with Crippen molar-refractivity contribution in [3.8, 4) is 0 Å². The maximum atomic E-state index is 13.1. The van der Waals surface area contributed by atoms with Gasteiger partial charge in [-0.15, -0.1) is 11.8 Å². The summed E-state index contributed by atoms with van der Waals surface area (Å²) in [6, 6.07) is 5.97. The van der Waals surface area contributed by atoms with Gasteiger partial charge in [0.1, 0.15) is 5.82 Å². The molecule has 1 aromatic heterocycles. The Morgan fingerprint density at radius 2 is 2.25 bits per heavy atom. The molecule has 0 aliphatic heterocycles. The molecule has 82 valence electrons. The van der Waals surface area contributed by atoms with Crippen LogP contribution < -0.4 is 0 Å². The van der Waals surface area contributed by atoms with Crippen molar-refractivity contribution in [1.82, 2.24) is 4.98 Å². The number of aromatic nitrogens is 1. The Morgan fingerprint density at radius 1 is 1.44 bits per heavy atom. The fourth-order valence-corrected chi connectivity index (χ4v) is 2.11. The standard InChI is InChI=1S/C11H8FNO2S/c12-7-1-2-9-8(5-7)10(3-4-13-9)16-6-11(14)15/h1-5H,6H2,(H,14,15). The molecule has 0 aliphatic rings. The molecule has 2 aromatic rings. The molecule has 0 unspecified atom stereocenters. The molecule has 0 fully saturated rings. The topological polar surface area (TPSA) is 50.2 Å². The Bertz CT molecular complexity index is 544. The highest BCUT2D eigenvalue weighted by molar-refractivity contribution is 8.00. The van der Waals surface area contributed by atoms with Crippen LogP contribution in [0.25, 0.3) is 10.9 Å². The number of benzene rings is 1. The minimum absolute atomic E-state index is 0.0460. The van der Waals surface area contributed by atoms with Gasteiger partial charge in [-0.25, -0.2) is 4.39 Å². The highest BCUT2D eigenvalue weighted by Crippen LogP contribution is 2.26. The van der Waals surface area contributed by atoms with E-state index in [1.54, 1.807) is 18.3 Å².